The summed E-state index contributed by atoms with van der Waals surface area (Å²) in [6.45, 7) is 4.12. The van der Waals surface area contributed by atoms with E-state index in [2.05, 4.69) is 15.6 Å². The van der Waals surface area contributed by atoms with E-state index in [1.165, 1.54) is 11.3 Å². The first-order valence-corrected chi connectivity index (χ1v) is 9.88. The Morgan fingerprint density at radius 1 is 1.03 bits per heavy atom. The fraction of sp³-hybridized carbons (Fsp3) is 0.190. The number of anilines is 2. The lowest BCUT2D eigenvalue weighted by atomic mass is 10.1. The highest BCUT2D eigenvalue weighted by Gasteiger charge is 2.17. The van der Waals surface area contributed by atoms with Crippen molar-refractivity contribution in [2.24, 2.45) is 0 Å². The smallest absolute Gasteiger partial charge is 0.257 e. The van der Waals surface area contributed by atoms with Gasteiger partial charge in [-0.15, -0.1) is 11.3 Å². The summed E-state index contributed by atoms with van der Waals surface area (Å²) in [4.78, 5) is 29.1. The maximum absolute atomic E-state index is 12.4. The second-order valence-electron chi connectivity index (χ2n) is 6.77. The Hall–Kier alpha value is -3.39. The third-order valence-electron chi connectivity index (χ3n) is 4.25. The van der Waals surface area contributed by atoms with Crippen molar-refractivity contribution in [3.63, 3.8) is 0 Å². The molecule has 0 bridgehead atoms. The SMILES string of the molecule is Cc1cc(C)cc(NC(=O)Cc2csc(NC(=O)c3ccc4c(c3)OCO4)n2)c1. The van der Waals surface area contributed by atoms with Gasteiger partial charge in [0.05, 0.1) is 12.1 Å². The van der Waals surface area contributed by atoms with Gasteiger partial charge in [-0.1, -0.05) is 6.07 Å². The number of aryl methyl sites for hydroxylation is 2. The van der Waals surface area contributed by atoms with E-state index in [4.69, 9.17) is 9.47 Å². The van der Waals surface area contributed by atoms with Gasteiger partial charge < -0.3 is 14.8 Å². The van der Waals surface area contributed by atoms with Gasteiger partial charge in [0.2, 0.25) is 12.7 Å². The van der Waals surface area contributed by atoms with Gasteiger partial charge in [0.25, 0.3) is 5.91 Å². The monoisotopic (exact) mass is 409 g/mol. The number of hydrogen-bond donors (Lipinski definition) is 2. The quantitative estimate of drug-likeness (QED) is 0.667. The van der Waals surface area contributed by atoms with Crippen LogP contribution in [0.25, 0.3) is 0 Å². The first-order valence-electron chi connectivity index (χ1n) is 9.00. The van der Waals surface area contributed by atoms with E-state index in [1.54, 1.807) is 23.6 Å². The molecule has 0 radical (unpaired) electrons. The van der Waals surface area contributed by atoms with Crippen LogP contribution in [0.1, 0.15) is 27.2 Å². The predicted molar refractivity (Wildman–Crippen MR) is 111 cm³/mol. The molecule has 7 nitrogen and oxygen atoms in total. The highest BCUT2D eigenvalue weighted by molar-refractivity contribution is 7.14. The Labute approximate surface area is 171 Å². The van der Waals surface area contributed by atoms with Crippen LogP contribution in [0.5, 0.6) is 11.5 Å². The van der Waals surface area contributed by atoms with E-state index < -0.39 is 0 Å². The van der Waals surface area contributed by atoms with Crippen molar-refractivity contribution in [3.8, 4) is 11.5 Å². The molecule has 4 rings (SSSR count). The maximum Gasteiger partial charge on any atom is 0.257 e. The number of ether oxygens (including phenoxy) is 2. The van der Waals surface area contributed by atoms with Gasteiger partial charge in [0, 0.05) is 16.6 Å². The van der Waals surface area contributed by atoms with E-state index >= 15 is 0 Å². The summed E-state index contributed by atoms with van der Waals surface area (Å²) in [5.41, 5.74) is 3.97. The van der Waals surface area contributed by atoms with Gasteiger partial charge in [-0.25, -0.2) is 4.98 Å². The van der Waals surface area contributed by atoms with Crippen molar-refractivity contribution in [3.05, 3.63) is 64.2 Å². The number of carbonyl (C=O) groups is 2. The fourth-order valence-corrected chi connectivity index (χ4v) is 3.77. The molecule has 0 fully saturated rings. The molecule has 2 amide bonds. The molecule has 3 aromatic rings. The zero-order valence-corrected chi connectivity index (χ0v) is 16.8. The zero-order chi connectivity index (χ0) is 20.4. The molecule has 0 atom stereocenters. The van der Waals surface area contributed by atoms with E-state index in [0.29, 0.717) is 27.9 Å². The third kappa shape index (κ3) is 4.55. The van der Waals surface area contributed by atoms with Crippen molar-refractivity contribution < 1.29 is 19.1 Å². The van der Waals surface area contributed by atoms with Crippen LogP contribution in [-0.4, -0.2) is 23.6 Å². The van der Waals surface area contributed by atoms with Crippen LogP contribution in [0.15, 0.2) is 41.8 Å². The number of thiazole rings is 1. The first kappa shape index (κ1) is 18.9. The van der Waals surface area contributed by atoms with E-state index in [0.717, 1.165) is 16.8 Å². The minimum absolute atomic E-state index is 0.128. The molecule has 2 N–H and O–H groups in total. The van der Waals surface area contributed by atoms with Gasteiger partial charge in [0.15, 0.2) is 16.6 Å². The maximum atomic E-state index is 12.4. The molecule has 0 aliphatic carbocycles. The number of rotatable bonds is 5. The summed E-state index contributed by atoms with van der Waals surface area (Å²) >= 11 is 1.27. The first-order chi connectivity index (χ1) is 14.0. The average molecular weight is 409 g/mol. The van der Waals surface area contributed by atoms with Gasteiger partial charge in [-0.2, -0.15) is 0 Å². The van der Waals surface area contributed by atoms with Crippen molar-refractivity contribution in [2.75, 3.05) is 17.4 Å². The highest BCUT2D eigenvalue weighted by Crippen LogP contribution is 2.32. The van der Waals surface area contributed by atoms with Gasteiger partial charge in [-0.3, -0.25) is 14.9 Å². The van der Waals surface area contributed by atoms with Crippen LogP contribution in [-0.2, 0) is 11.2 Å². The number of amides is 2. The van der Waals surface area contributed by atoms with Gasteiger partial charge in [0.1, 0.15) is 0 Å². The normalized spacial score (nSPS) is 11.9. The molecule has 29 heavy (non-hydrogen) atoms. The standard InChI is InChI=1S/C21H19N3O4S/c1-12-5-13(2)7-15(6-12)22-19(25)9-16-10-29-21(23-16)24-20(26)14-3-4-17-18(8-14)28-11-27-17/h3-8,10H,9,11H2,1-2H3,(H,22,25)(H,23,24,26). The summed E-state index contributed by atoms with van der Waals surface area (Å²) in [7, 11) is 0. The number of fused-ring (bicyclic) bond motifs is 1. The number of benzene rings is 2. The summed E-state index contributed by atoms with van der Waals surface area (Å²) in [6, 6.07) is 10.9. The Morgan fingerprint density at radius 2 is 1.79 bits per heavy atom. The molecular weight excluding hydrogens is 390 g/mol. The Balaban J connectivity index is 1.36. The summed E-state index contributed by atoms with van der Waals surface area (Å²) in [5.74, 6) is 0.700. The Bertz CT molecular complexity index is 1070. The minimum Gasteiger partial charge on any atom is -0.454 e. The number of hydrogen-bond acceptors (Lipinski definition) is 6. The van der Waals surface area contributed by atoms with Crippen LogP contribution in [0.4, 0.5) is 10.8 Å². The zero-order valence-electron chi connectivity index (χ0n) is 15.9. The number of aromatic nitrogens is 1. The molecule has 1 aliphatic heterocycles. The predicted octanol–water partition coefficient (Wildman–Crippen LogP) is 3.92. The lowest BCUT2D eigenvalue weighted by molar-refractivity contribution is -0.115. The molecule has 2 heterocycles. The molecule has 1 aromatic heterocycles. The molecule has 2 aromatic carbocycles. The fourth-order valence-electron chi connectivity index (χ4n) is 3.07. The highest BCUT2D eigenvalue weighted by atomic mass is 32.1. The summed E-state index contributed by atoms with van der Waals surface area (Å²) in [5, 5.41) is 7.83. The summed E-state index contributed by atoms with van der Waals surface area (Å²) < 4.78 is 10.5. The lowest BCUT2D eigenvalue weighted by Gasteiger charge is -2.06. The Morgan fingerprint density at radius 3 is 2.59 bits per heavy atom. The van der Waals surface area contributed by atoms with Crippen LogP contribution in [0, 0.1) is 13.8 Å². The van der Waals surface area contributed by atoms with E-state index in [9.17, 15) is 9.59 Å². The van der Waals surface area contributed by atoms with Crippen molar-refractivity contribution in [1.29, 1.82) is 0 Å². The van der Waals surface area contributed by atoms with Crippen LogP contribution >= 0.6 is 11.3 Å². The van der Waals surface area contributed by atoms with Crippen LogP contribution in [0.2, 0.25) is 0 Å². The molecule has 0 spiro atoms. The molecule has 0 saturated heterocycles. The van der Waals surface area contributed by atoms with Gasteiger partial charge in [-0.05, 0) is 55.3 Å². The third-order valence-corrected chi connectivity index (χ3v) is 5.06. The number of carbonyl (C=O) groups excluding carboxylic acids is 2. The molecule has 8 heteroatoms. The number of nitrogens with one attached hydrogen (secondary N) is 2. The second kappa shape index (κ2) is 7.92. The van der Waals surface area contributed by atoms with Crippen LogP contribution < -0.4 is 20.1 Å². The molecule has 0 unspecified atom stereocenters. The average Bonchev–Trinajstić information content (AvgIpc) is 3.29. The second-order valence-corrected chi connectivity index (χ2v) is 7.63. The van der Waals surface area contributed by atoms with E-state index in [-0.39, 0.29) is 25.0 Å². The van der Waals surface area contributed by atoms with Crippen molar-refractivity contribution >= 4 is 34.0 Å². The van der Waals surface area contributed by atoms with Crippen molar-refractivity contribution in [1.82, 2.24) is 4.98 Å². The molecule has 148 valence electrons. The van der Waals surface area contributed by atoms with Crippen LogP contribution in [0.3, 0.4) is 0 Å². The minimum atomic E-state index is -0.302. The summed E-state index contributed by atoms with van der Waals surface area (Å²) in [6.07, 6.45) is 0.128. The van der Waals surface area contributed by atoms with Gasteiger partial charge >= 0.3 is 0 Å². The molecule has 0 saturated carbocycles. The topological polar surface area (TPSA) is 89.6 Å². The molecule has 1 aliphatic rings. The lowest BCUT2D eigenvalue weighted by Crippen LogP contribution is -2.15. The largest absolute Gasteiger partial charge is 0.454 e. The Kier molecular flexibility index (Phi) is 5.18. The molecular formula is C21H19N3O4S. The number of nitrogens with zero attached hydrogens (tertiary/aromatic N) is 1. The van der Waals surface area contributed by atoms with E-state index in [1.807, 2.05) is 32.0 Å². The van der Waals surface area contributed by atoms with Crippen molar-refractivity contribution in [2.45, 2.75) is 20.3 Å².